The largest absolute Gasteiger partial charge is 0.355 e. The third-order valence-electron chi connectivity index (χ3n) is 2.99. The van der Waals surface area contributed by atoms with Crippen LogP contribution in [-0.2, 0) is 0 Å². The van der Waals surface area contributed by atoms with Crippen LogP contribution in [0, 0.1) is 12.3 Å². The molecule has 1 heterocycles. The van der Waals surface area contributed by atoms with Crippen molar-refractivity contribution < 1.29 is 0 Å². The second-order valence-electron chi connectivity index (χ2n) is 3.94. The first-order valence-electron chi connectivity index (χ1n) is 5.93. The minimum Gasteiger partial charge on any atom is -0.355 e. The Labute approximate surface area is 122 Å². The molecule has 0 amide bonds. The van der Waals surface area contributed by atoms with Gasteiger partial charge >= 0.3 is 0 Å². The lowest BCUT2D eigenvalue weighted by atomic mass is 10.2. The molecule has 0 radical (unpaired) electrons. The van der Waals surface area contributed by atoms with E-state index in [9.17, 15) is 0 Å². The summed E-state index contributed by atoms with van der Waals surface area (Å²) in [7, 11) is 1.76. The van der Waals surface area contributed by atoms with Crippen molar-refractivity contribution in [3.05, 3.63) is 0 Å². The van der Waals surface area contributed by atoms with E-state index in [2.05, 4.69) is 33.4 Å². The summed E-state index contributed by atoms with van der Waals surface area (Å²) < 4.78 is 0. The molecule has 0 bridgehead atoms. The number of likely N-dealkylation sites (N-methyl/N-ethyl adjacent to an activating group) is 1. The Balaban J connectivity index is 0.00000256. The van der Waals surface area contributed by atoms with Crippen LogP contribution in [0.2, 0.25) is 0 Å². The van der Waals surface area contributed by atoms with E-state index in [1.54, 1.807) is 7.05 Å². The second kappa shape index (κ2) is 9.54. The molecule has 0 aromatic heterocycles. The standard InChI is InChI=1S/C12H22N4.HI/c1-4-8-14-12(13-3)15-10-11-7-6-9-16(11)5-2;/h1,11H,5-10H2,2-3H3,(H2,13,14,15);1H. The van der Waals surface area contributed by atoms with Crippen molar-refractivity contribution in [3.8, 4) is 12.3 Å². The fraction of sp³-hybridized carbons (Fsp3) is 0.750. The van der Waals surface area contributed by atoms with E-state index in [0.29, 0.717) is 12.6 Å². The zero-order valence-electron chi connectivity index (χ0n) is 10.7. The zero-order chi connectivity index (χ0) is 11.8. The summed E-state index contributed by atoms with van der Waals surface area (Å²) in [5.74, 6) is 3.33. The average molecular weight is 350 g/mol. The highest BCUT2D eigenvalue weighted by molar-refractivity contribution is 14.0. The van der Waals surface area contributed by atoms with Crippen molar-refractivity contribution in [1.29, 1.82) is 0 Å². The molecule has 1 atom stereocenters. The van der Waals surface area contributed by atoms with Crippen molar-refractivity contribution in [2.45, 2.75) is 25.8 Å². The normalized spacial score (nSPS) is 20.5. The van der Waals surface area contributed by atoms with Gasteiger partial charge in [0.1, 0.15) is 0 Å². The Morgan fingerprint density at radius 2 is 2.29 bits per heavy atom. The summed E-state index contributed by atoms with van der Waals surface area (Å²) in [4.78, 5) is 6.62. The lowest BCUT2D eigenvalue weighted by molar-refractivity contribution is 0.267. The maximum Gasteiger partial charge on any atom is 0.191 e. The minimum atomic E-state index is 0. The molecule has 1 saturated heterocycles. The summed E-state index contributed by atoms with van der Waals surface area (Å²) >= 11 is 0. The molecule has 1 aliphatic rings. The molecular formula is C12H23IN4. The average Bonchev–Trinajstić information content (AvgIpc) is 2.77. The molecule has 17 heavy (non-hydrogen) atoms. The number of rotatable bonds is 4. The van der Waals surface area contributed by atoms with Crippen LogP contribution in [0.5, 0.6) is 0 Å². The molecule has 4 nitrogen and oxygen atoms in total. The van der Waals surface area contributed by atoms with Crippen LogP contribution >= 0.6 is 24.0 Å². The van der Waals surface area contributed by atoms with Crippen molar-refractivity contribution >= 4 is 29.9 Å². The number of likely N-dealkylation sites (tertiary alicyclic amines) is 1. The molecular weight excluding hydrogens is 327 g/mol. The Hall–Kier alpha value is -0.480. The maximum absolute atomic E-state index is 5.19. The molecule has 1 fully saturated rings. The number of guanidine groups is 1. The first kappa shape index (κ1) is 16.5. The summed E-state index contributed by atoms with van der Waals surface area (Å²) in [5.41, 5.74) is 0. The molecule has 5 heteroatoms. The number of nitrogens with zero attached hydrogens (tertiary/aromatic N) is 2. The monoisotopic (exact) mass is 350 g/mol. The first-order valence-corrected chi connectivity index (χ1v) is 5.93. The van der Waals surface area contributed by atoms with Crippen molar-refractivity contribution in [2.75, 3.05) is 33.2 Å². The topological polar surface area (TPSA) is 39.7 Å². The van der Waals surface area contributed by atoms with Crippen molar-refractivity contribution in [3.63, 3.8) is 0 Å². The molecule has 98 valence electrons. The van der Waals surface area contributed by atoms with Gasteiger partial charge in [0.25, 0.3) is 0 Å². The lowest BCUT2D eigenvalue weighted by Crippen LogP contribution is -2.44. The predicted molar refractivity (Wildman–Crippen MR) is 83.9 cm³/mol. The molecule has 0 aromatic carbocycles. The van der Waals surface area contributed by atoms with Crippen LogP contribution in [0.3, 0.4) is 0 Å². The van der Waals surface area contributed by atoms with Crippen LogP contribution in [0.1, 0.15) is 19.8 Å². The molecule has 2 N–H and O–H groups in total. The maximum atomic E-state index is 5.19. The fourth-order valence-corrected chi connectivity index (χ4v) is 2.11. The zero-order valence-corrected chi connectivity index (χ0v) is 13.0. The highest BCUT2D eigenvalue weighted by Crippen LogP contribution is 2.15. The third-order valence-corrected chi connectivity index (χ3v) is 2.99. The van der Waals surface area contributed by atoms with E-state index in [1.165, 1.54) is 19.4 Å². The Morgan fingerprint density at radius 1 is 1.53 bits per heavy atom. The molecule has 1 aliphatic heterocycles. The van der Waals surface area contributed by atoms with Crippen molar-refractivity contribution in [2.24, 2.45) is 4.99 Å². The lowest BCUT2D eigenvalue weighted by Gasteiger charge is -2.23. The molecule has 0 aliphatic carbocycles. The molecule has 0 spiro atoms. The van der Waals surface area contributed by atoms with Gasteiger partial charge < -0.3 is 10.6 Å². The Morgan fingerprint density at radius 3 is 2.88 bits per heavy atom. The predicted octanol–water partition coefficient (Wildman–Crippen LogP) is 0.887. The van der Waals surface area contributed by atoms with E-state index >= 15 is 0 Å². The smallest absolute Gasteiger partial charge is 0.191 e. The number of halogens is 1. The van der Waals surface area contributed by atoms with E-state index in [0.717, 1.165) is 19.0 Å². The van der Waals surface area contributed by atoms with Crippen molar-refractivity contribution in [1.82, 2.24) is 15.5 Å². The number of terminal acetylenes is 1. The highest BCUT2D eigenvalue weighted by Gasteiger charge is 2.22. The van der Waals surface area contributed by atoms with E-state index in [4.69, 9.17) is 6.42 Å². The van der Waals surface area contributed by atoms with Crippen LogP contribution in [0.25, 0.3) is 0 Å². The van der Waals surface area contributed by atoms with E-state index in [1.807, 2.05) is 0 Å². The minimum absolute atomic E-state index is 0. The van der Waals surface area contributed by atoms with Gasteiger partial charge in [-0.15, -0.1) is 30.4 Å². The molecule has 0 aromatic rings. The van der Waals surface area contributed by atoms with Crippen LogP contribution in [0.4, 0.5) is 0 Å². The van der Waals surface area contributed by atoms with Gasteiger partial charge in [-0.25, -0.2) is 0 Å². The Bertz CT molecular complexity index is 272. The fourth-order valence-electron chi connectivity index (χ4n) is 2.11. The van der Waals surface area contributed by atoms with Gasteiger partial charge in [0.05, 0.1) is 6.54 Å². The first-order chi connectivity index (χ1) is 7.81. The van der Waals surface area contributed by atoms with Gasteiger partial charge in [-0.3, -0.25) is 9.89 Å². The van der Waals surface area contributed by atoms with E-state index < -0.39 is 0 Å². The van der Waals surface area contributed by atoms with Gasteiger partial charge in [0.15, 0.2) is 5.96 Å². The molecule has 1 rings (SSSR count). The summed E-state index contributed by atoms with van der Waals surface area (Å²) in [6.45, 7) is 6.02. The highest BCUT2D eigenvalue weighted by atomic mass is 127. The summed E-state index contributed by atoms with van der Waals surface area (Å²) in [6, 6.07) is 0.634. The van der Waals surface area contributed by atoms with Gasteiger partial charge in [-0.05, 0) is 25.9 Å². The quantitative estimate of drug-likeness (QED) is 0.342. The SMILES string of the molecule is C#CCNC(=NC)NCC1CCCN1CC.I. The van der Waals surface area contributed by atoms with Crippen LogP contribution in [0.15, 0.2) is 4.99 Å². The number of hydrogen-bond donors (Lipinski definition) is 2. The third kappa shape index (κ3) is 5.59. The number of nitrogens with one attached hydrogen (secondary N) is 2. The van der Waals surface area contributed by atoms with Gasteiger partial charge in [0, 0.05) is 19.6 Å². The van der Waals surface area contributed by atoms with Gasteiger partial charge in [0.2, 0.25) is 0 Å². The number of hydrogen-bond acceptors (Lipinski definition) is 2. The van der Waals surface area contributed by atoms with Crippen LogP contribution in [-0.4, -0.2) is 50.1 Å². The second-order valence-corrected chi connectivity index (χ2v) is 3.94. The van der Waals surface area contributed by atoms with Gasteiger partial charge in [-0.1, -0.05) is 12.8 Å². The molecule has 1 unspecified atom stereocenters. The van der Waals surface area contributed by atoms with E-state index in [-0.39, 0.29) is 24.0 Å². The van der Waals surface area contributed by atoms with Crippen LogP contribution < -0.4 is 10.6 Å². The number of aliphatic imine (C=N–C) groups is 1. The summed E-state index contributed by atoms with van der Waals surface area (Å²) in [6.07, 6.45) is 7.76. The summed E-state index contributed by atoms with van der Waals surface area (Å²) in [5, 5.41) is 6.37. The Kier molecular flexibility index (Phi) is 9.27. The molecule has 0 saturated carbocycles. The van der Waals surface area contributed by atoms with Gasteiger partial charge in [-0.2, -0.15) is 0 Å².